The van der Waals surface area contributed by atoms with Gasteiger partial charge in [0.1, 0.15) is 6.04 Å². The first-order chi connectivity index (χ1) is 8.13. The lowest BCUT2D eigenvalue weighted by molar-refractivity contribution is -0.143. The highest BCUT2D eigenvalue weighted by molar-refractivity contribution is 5.86. The van der Waals surface area contributed by atoms with E-state index < -0.39 is 6.04 Å². The van der Waals surface area contributed by atoms with Gasteiger partial charge in [-0.25, -0.2) is 0 Å². The Morgan fingerprint density at radius 3 is 2.88 bits per heavy atom. The monoisotopic (exact) mass is 243 g/mol. The largest absolute Gasteiger partial charge is 0.466 e. The lowest BCUT2D eigenvalue weighted by Gasteiger charge is -2.22. The first-order valence-corrected chi connectivity index (χ1v) is 5.57. The third kappa shape index (κ3) is 4.81. The van der Waals surface area contributed by atoms with Crippen LogP contribution < -0.4 is 16.0 Å². The maximum Gasteiger partial charge on any atom is 0.307 e. The van der Waals surface area contributed by atoms with Crippen LogP contribution in [0.15, 0.2) is 0 Å². The molecule has 1 unspecified atom stereocenters. The minimum atomic E-state index is -0.435. The average Bonchev–Trinajstić information content (AvgIpc) is 2.30. The molecule has 7 heteroatoms. The molecule has 0 aliphatic carbocycles. The SMILES string of the molecule is CCOC(=O)CCNC(=O)C1CNC(=O)CN1. The normalized spacial score (nSPS) is 19.4. The first kappa shape index (κ1) is 13.4. The van der Waals surface area contributed by atoms with Gasteiger partial charge in [0.15, 0.2) is 0 Å². The summed E-state index contributed by atoms with van der Waals surface area (Å²) >= 11 is 0. The molecule has 17 heavy (non-hydrogen) atoms. The molecule has 1 saturated heterocycles. The molecule has 7 nitrogen and oxygen atoms in total. The molecule has 1 atom stereocenters. The molecule has 0 spiro atoms. The van der Waals surface area contributed by atoms with E-state index in [-0.39, 0.29) is 43.8 Å². The molecule has 0 aromatic carbocycles. The second-order valence-corrected chi connectivity index (χ2v) is 3.58. The number of rotatable bonds is 5. The summed E-state index contributed by atoms with van der Waals surface area (Å²) in [6.07, 6.45) is 0.151. The van der Waals surface area contributed by atoms with E-state index >= 15 is 0 Å². The van der Waals surface area contributed by atoms with Gasteiger partial charge < -0.3 is 15.4 Å². The smallest absolute Gasteiger partial charge is 0.307 e. The molecule has 0 aromatic rings. The lowest BCUT2D eigenvalue weighted by atomic mass is 10.2. The number of carbonyl (C=O) groups excluding carboxylic acids is 3. The van der Waals surface area contributed by atoms with E-state index in [2.05, 4.69) is 16.0 Å². The number of hydrogen-bond acceptors (Lipinski definition) is 5. The third-order valence-corrected chi connectivity index (χ3v) is 2.26. The molecule has 96 valence electrons. The van der Waals surface area contributed by atoms with Gasteiger partial charge in [-0.3, -0.25) is 19.7 Å². The van der Waals surface area contributed by atoms with E-state index in [4.69, 9.17) is 4.74 Å². The van der Waals surface area contributed by atoms with Crippen LogP contribution in [-0.4, -0.2) is 50.1 Å². The molecule has 0 radical (unpaired) electrons. The highest BCUT2D eigenvalue weighted by atomic mass is 16.5. The van der Waals surface area contributed by atoms with Crippen molar-refractivity contribution in [1.82, 2.24) is 16.0 Å². The maximum atomic E-state index is 11.6. The predicted octanol–water partition coefficient (Wildman–Crippen LogP) is -1.86. The maximum absolute atomic E-state index is 11.6. The van der Waals surface area contributed by atoms with E-state index in [0.717, 1.165) is 0 Å². The minimum absolute atomic E-state index is 0.124. The van der Waals surface area contributed by atoms with Crippen LogP contribution in [0.1, 0.15) is 13.3 Å². The Labute approximate surface area is 99.3 Å². The topological polar surface area (TPSA) is 96.5 Å². The van der Waals surface area contributed by atoms with Crippen LogP contribution in [0.5, 0.6) is 0 Å². The van der Waals surface area contributed by atoms with Gasteiger partial charge in [-0.05, 0) is 6.92 Å². The van der Waals surface area contributed by atoms with E-state index in [9.17, 15) is 14.4 Å². The third-order valence-electron chi connectivity index (χ3n) is 2.26. The van der Waals surface area contributed by atoms with Crippen molar-refractivity contribution < 1.29 is 19.1 Å². The molecule has 1 rings (SSSR count). The van der Waals surface area contributed by atoms with Crippen molar-refractivity contribution in [2.75, 3.05) is 26.2 Å². The van der Waals surface area contributed by atoms with Crippen LogP contribution in [0, 0.1) is 0 Å². The van der Waals surface area contributed by atoms with Crippen molar-refractivity contribution in [3.63, 3.8) is 0 Å². The number of piperazine rings is 1. The number of ether oxygens (including phenoxy) is 1. The van der Waals surface area contributed by atoms with Gasteiger partial charge in [0.05, 0.1) is 19.6 Å². The standard InChI is InChI=1S/C10H17N3O4/c1-2-17-9(15)3-4-11-10(16)7-5-13-8(14)6-12-7/h7,12H,2-6H2,1H3,(H,11,16)(H,13,14). The Morgan fingerprint density at radius 2 is 2.29 bits per heavy atom. The second-order valence-electron chi connectivity index (χ2n) is 3.58. The Balaban J connectivity index is 2.16. The van der Waals surface area contributed by atoms with E-state index in [1.165, 1.54) is 0 Å². The Bertz CT molecular complexity index is 296. The lowest BCUT2D eigenvalue weighted by Crippen LogP contribution is -2.58. The van der Waals surface area contributed by atoms with Crippen LogP contribution in [-0.2, 0) is 19.1 Å². The highest BCUT2D eigenvalue weighted by Crippen LogP contribution is 1.90. The molecule has 0 bridgehead atoms. The van der Waals surface area contributed by atoms with Gasteiger partial charge in [0.2, 0.25) is 11.8 Å². The van der Waals surface area contributed by atoms with E-state index in [1.807, 2.05) is 0 Å². The van der Waals surface area contributed by atoms with Crippen molar-refractivity contribution in [3.8, 4) is 0 Å². The minimum Gasteiger partial charge on any atom is -0.466 e. The predicted molar refractivity (Wildman–Crippen MR) is 59.1 cm³/mol. The molecule has 1 heterocycles. The van der Waals surface area contributed by atoms with Gasteiger partial charge in [0.25, 0.3) is 0 Å². The summed E-state index contributed by atoms with van der Waals surface area (Å²) in [5, 5.41) is 7.97. The summed E-state index contributed by atoms with van der Waals surface area (Å²) in [6, 6.07) is -0.435. The molecule has 0 saturated carbocycles. The van der Waals surface area contributed by atoms with Crippen molar-refractivity contribution in [2.24, 2.45) is 0 Å². The Morgan fingerprint density at radius 1 is 1.53 bits per heavy atom. The second kappa shape index (κ2) is 6.85. The fourth-order valence-electron chi connectivity index (χ4n) is 1.40. The van der Waals surface area contributed by atoms with Crippen LogP contribution >= 0.6 is 0 Å². The molecule has 1 aliphatic rings. The summed E-state index contributed by atoms with van der Waals surface area (Å²) in [6.45, 7) is 2.71. The number of esters is 1. The number of nitrogens with one attached hydrogen (secondary N) is 3. The molecule has 0 aromatic heterocycles. The van der Waals surface area contributed by atoms with Gasteiger partial charge in [-0.2, -0.15) is 0 Å². The van der Waals surface area contributed by atoms with Gasteiger partial charge in [-0.15, -0.1) is 0 Å². The zero-order valence-corrected chi connectivity index (χ0v) is 9.75. The molecule has 3 N–H and O–H groups in total. The Kier molecular flexibility index (Phi) is 5.41. The van der Waals surface area contributed by atoms with E-state index in [1.54, 1.807) is 6.92 Å². The molecular weight excluding hydrogens is 226 g/mol. The fourth-order valence-corrected chi connectivity index (χ4v) is 1.40. The van der Waals surface area contributed by atoms with E-state index in [0.29, 0.717) is 6.61 Å². The zero-order valence-electron chi connectivity index (χ0n) is 9.75. The summed E-state index contributed by atoms with van der Waals surface area (Å²) in [5.74, 6) is -0.687. The molecule has 2 amide bonds. The zero-order chi connectivity index (χ0) is 12.7. The van der Waals surface area contributed by atoms with Crippen LogP contribution in [0.4, 0.5) is 0 Å². The number of hydrogen-bond donors (Lipinski definition) is 3. The number of carbonyl (C=O) groups is 3. The summed E-state index contributed by atoms with van der Waals surface area (Å²) < 4.78 is 4.72. The van der Waals surface area contributed by atoms with Crippen molar-refractivity contribution >= 4 is 17.8 Å². The molecule has 1 aliphatic heterocycles. The van der Waals surface area contributed by atoms with Crippen LogP contribution in [0.2, 0.25) is 0 Å². The summed E-state index contributed by atoms with van der Waals surface area (Å²) in [4.78, 5) is 33.4. The van der Waals surface area contributed by atoms with Crippen molar-refractivity contribution in [3.05, 3.63) is 0 Å². The average molecular weight is 243 g/mol. The Hall–Kier alpha value is -1.63. The van der Waals surface area contributed by atoms with Crippen LogP contribution in [0.25, 0.3) is 0 Å². The quantitative estimate of drug-likeness (QED) is 0.492. The summed E-state index contributed by atoms with van der Waals surface area (Å²) in [5.41, 5.74) is 0. The van der Waals surface area contributed by atoms with Crippen molar-refractivity contribution in [1.29, 1.82) is 0 Å². The first-order valence-electron chi connectivity index (χ1n) is 5.57. The molecular formula is C10H17N3O4. The van der Waals surface area contributed by atoms with Gasteiger partial charge in [-0.1, -0.05) is 0 Å². The van der Waals surface area contributed by atoms with Crippen LogP contribution in [0.3, 0.4) is 0 Å². The number of amides is 2. The van der Waals surface area contributed by atoms with Gasteiger partial charge >= 0.3 is 5.97 Å². The summed E-state index contributed by atoms with van der Waals surface area (Å²) in [7, 11) is 0. The van der Waals surface area contributed by atoms with Gasteiger partial charge in [0, 0.05) is 13.1 Å². The molecule has 1 fully saturated rings. The highest BCUT2D eigenvalue weighted by Gasteiger charge is 2.23. The fraction of sp³-hybridized carbons (Fsp3) is 0.700. The van der Waals surface area contributed by atoms with Crippen molar-refractivity contribution in [2.45, 2.75) is 19.4 Å².